The zero-order chi connectivity index (χ0) is 11.9. The summed E-state index contributed by atoms with van der Waals surface area (Å²) in [5.74, 6) is 1.47. The lowest BCUT2D eigenvalue weighted by Gasteiger charge is -2.08. The molecule has 2 aliphatic rings. The van der Waals surface area contributed by atoms with Crippen LogP contribution in [0.4, 0.5) is 0 Å². The third kappa shape index (κ3) is 1.33. The fraction of sp³-hybridized carbons (Fsp3) is 0.143. The molecule has 90 valence electrons. The van der Waals surface area contributed by atoms with E-state index >= 15 is 0 Å². The molecule has 0 saturated carbocycles. The van der Waals surface area contributed by atoms with Crippen molar-refractivity contribution in [1.82, 2.24) is 0 Å². The summed E-state index contributed by atoms with van der Waals surface area (Å²) in [6.07, 6.45) is 0. The summed E-state index contributed by atoms with van der Waals surface area (Å²) in [5, 5.41) is 0. The van der Waals surface area contributed by atoms with Crippen LogP contribution >= 0.6 is 0 Å². The van der Waals surface area contributed by atoms with Crippen LogP contribution in [0.2, 0.25) is 0 Å². The summed E-state index contributed by atoms with van der Waals surface area (Å²) in [7, 11) is 0. The molecule has 0 saturated heterocycles. The maximum Gasteiger partial charge on any atom is 0.182 e. The predicted molar refractivity (Wildman–Crippen MR) is 62.7 cm³/mol. The Bertz CT molecular complexity index is 607. The van der Waals surface area contributed by atoms with E-state index in [0.29, 0.717) is 13.2 Å². The summed E-state index contributed by atoms with van der Waals surface area (Å²) >= 11 is 0. The van der Waals surface area contributed by atoms with Crippen LogP contribution < -0.4 is 9.78 Å². The minimum atomic E-state index is 0.391. The highest BCUT2D eigenvalue weighted by Gasteiger charge is 2.30. The largest absolute Gasteiger partial charge is 0.336 e. The van der Waals surface area contributed by atoms with Gasteiger partial charge in [-0.05, 0) is 11.6 Å². The average molecular weight is 242 g/mol. The van der Waals surface area contributed by atoms with Gasteiger partial charge < -0.3 is 9.78 Å². The molecule has 0 unspecified atom stereocenters. The Balaban J connectivity index is 1.97. The van der Waals surface area contributed by atoms with Gasteiger partial charge >= 0.3 is 0 Å². The molecular formula is C14H10O4. The summed E-state index contributed by atoms with van der Waals surface area (Å²) in [4.78, 5) is 20.5. The van der Waals surface area contributed by atoms with Gasteiger partial charge in [0, 0.05) is 11.1 Å². The quantitative estimate of drug-likeness (QED) is 0.720. The second-order valence-electron chi connectivity index (χ2n) is 4.28. The maximum absolute atomic E-state index is 5.27. The third-order valence-corrected chi connectivity index (χ3v) is 3.19. The van der Waals surface area contributed by atoms with Gasteiger partial charge in [0.05, 0.1) is 5.56 Å². The first-order chi connectivity index (χ1) is 8.93. The van der Waals surface area contributed by atoms with Crippen molar-refractivity contribution < 1.29 is 19.6 Å². The van der Waals surface area contributed by atoms with Gasteiger partial charge in [-0.3, -0.25) is 0 Å². The third-order valence-electron chi connectivity index (χ3n) is 3.19. The monoisotopic (exact) mass is 242 g/mol. The van der Waals surface area contributed by atoms with Gasteiger partial charge in [0.1, 0.15) is 13.2 Å². The maximum atomic E-state index is 5.27. The van der Waals surface area contributed by atoms with E-state index in [0.717, 1.165) is 33.8 Å². The Kier molecular flexibility index (Phi) is 2.06. The number of fused-ring (bicyclic) bond motifs is 3. The lowest BCUT2D eigenvalue weighted by atomic mass is 9.98. The molecule has 4 rings (SSSR count). The number of hydrogen-bond donors (Lipinski definition) is 0. The number of benzene rings is 2. The summed E-state index contributed by atoms with van der Waals surface area (Å²) in [6.45, 7) is 0.851. The minimum Gasteiger partial charge on any atom is -0.336 e. The summed E-state index contributed by atoms with van der Waals surface area (Å²) in [5.41, 5.74) is 4.05. The van der Waals surface area contributed by atoms with Crippen LogP contribution in [0.25, 0.3) is 11.1 Å². The highest BCUT2D eigenvalue weighted by Crippen LogP contribution is 2.46. The standard InChI is InChI=1S/C14H10O4/c1-2-4-9(5-3-1)11-6-10-7-15-17-13(10)12-8-16-18-14(11)12/h1-6H,7-8H2. The van der Waals surface area contributed by atoms with Crippen molar-refractivity contribution in [3.63, 3.8) is 0 Å². The second-order valence-corrected chi connectivity index (χ2v) is 4.28. The van der Waals surface area contributed by atoms with Crippen LogP contribution in [0.15, 0.2) is 36.4 Å². The topological polar surface area (TPSA) is 36.9 Å². The molecule has 0 aliphatic carbocycles. The Hall–Kier alpha value is -2.04. The molecule has 0 bridgehead atoms. The van der Waals surface area contributed by atoms with Crippen LogP contribution in [-0.2, 0) is 23.0 Å². The van der Waals surface area contributed by atoms with Gasteiger partial charge in [-0.25, -0.2) is 0 Å². The van der Waals surface area contributed by atoms with Crippen LogP contribution in [0.5, 0.6) is 11.5 Å². The van der Waals surface area contributed by atoms with E-state index < -0.39 is 0 Å². The highest BCUT2D eigenvalue weighted by molar-refractivity contribution is 5.76. The molecule has 4 nitrogen and oxygen atoms in total. The molecule has 0 N–H and O–H groups in total. The lowest BCUT2D eigenvalue weighted by molar-refractivity contribution is -0.200. The zero-order valence-corrected chi connectivity index (χ0v) is 9.51. The first kappa shape index (κ1) is 9.94. The second kappa shape index (κ2) is 3.73. The summed E-state index contributed by atoms with van der Waals surface area (Å²) < 4.78 is 0. The molecule has 4 heteroatoms. The molecular weight excluding hydrogens is 232 g/mol. The van der Waals surface area contributed by atoms with Gasteiger partial charge in [-0.2, -0.15) is 9.78 Å². The molecule has 2 aromatic rings. The van der Waals surface area contributed by atoms with Gasteiger partial charge in [-0.1, -0.05) is 30.3 Å². The first-order valence-electron chi connectivity index (χ1n) is 5.76. The minimum absolute atomic E-state index is 0.391. The van der Waals surface area contributed by atoms with Crippen molar-refractivity contribution in [2.24, 2.45) is 0 Å². The van der Waals surface area contributed by atoms with Gasteiger partial charge in [0.2, 0.25) is 0 Å². The molecule has 2 heterocycles. The molecule has 2 aliphatic heterocycles. The Morgan fingerprint density at radius 1 is 0.833 bits per heavy atom. The molecule has 2 aromatic carbocycles. The molecule has 18 heavy (non-hydrogen) atoms. The van der Waals surface area contributed by atoms with Crippen LogP contribution in [0.1, 0.15) is 11.1 Å². The lowest BCUT2D eigenvalue weighted by Crippen LogP contribution is -1.90. The first-order valence-corrected chi connectivity index (χ1v) is 5.76. The highest BCUT2D eigenvalue weighted by atomic mass is 17.2. The Morgan fingerprint density at radius 2 is 1.61 bits per heavy atom. The van der Waals surface area contributed by atoms with Crippen molar-refractivity contribution in [3.8, 4) is 22.6 Å². The Labute approximate surface area is 104 Å². The Morgan fingerprint density at radius 3 is 2.50 bits per heavy atom. The van der Waals surface area contributed by atoms with E-state index in [4.69, 9.17) is 19.6 Å². The number of hydrogen-bond acceptors (Lipinski definition) is 4. The molecule has 0 atom stereocenters. The zero-order valence-electron chi connectivity index (χ0n) is 9.51. The van der Waals surface area contributed by atoms with E-state index in [1.807, 2.05) is 36.4 Å². The molecule has 0 amide bonds. The summed E-state index contributed by atoms with van der Waals surface area (Å²) in [6, 6.07) is 12.1. The van der Waals surface area contributed by atoms with Crippen molar-refractivity contribution in [2.45, 2.75) is 13.2 Å². The van der Waals surface area contributed by atoms with E-state index in [1.165, 1.54) is 0 Å². The van der Waals surface area contributed by atoms with E-state index in [-0.39, 0.29) is 0 Å². The SMILES string of the molecule is c1ccc(-c2cc3c(c4c2OOC4)OOC3)cc1. The fourth-order valence-corrected chi connectivity index (χ4v) is 2.33. The van der Waals surface area contributed by atoms with E-state index in [9.17, 15) is 0 Å². The van der Waals surface area contributed by atoms with Crippen molar-refractivity contribution in [1.29, 1.82) is 0 Å². The van der Waals surface area contributed by atoms with Crippen LogP contribution in [-0.4, -0.2) is 0 Å². The van der Waals surface area contributed by atoms with Crippen LogP contribution in [0.3, 0.4) is 0 Å². The fourth-order valence-electron chi connectivity index (χ4n) is 2.33. The van der Waals surface area contributed by atoms with Crippen molar-refractivity contribution in [3.05, 3.63) is 47.5 Å². The number of rotatable bonds is 1. The average Bonchev–Trinajstić information content (AvgIpc) is 3.06. The van der Waals surface area contributed by atoms with Gasteiger partial charge in [-0.15, -0.1) is 0 Å². The smallest absolute Gasteiger partial charge is 0.182 e. The van der Waals surface area contributed by atoms with Crippen molar-refractivity contribution in [2.75, 3.05) is 0 Å². The van der Waals surface area contributed by atoms with Crippen molar-refractivity contribution >= 4 is 0 Å². The molecule has 0 radical (unpaired) electrons. The van der Waals surface area contributed by atoms with E-state index in [2.05, 4.69) is 0 Å². The van der Waals surface area contributed by atoms with Gasteiger partial charge in [0.15, 0.2) is 11.5 Å². The van der Waals surface area contributed by atoms with Gasteiger partial charge in [0.25, 0.3) is 0 Å². The molecule has 0 spiro atoms. The van der Waals surface area contributed by atoms with Crippen LogP contribution in [0, 0.1) is 0 Å². The normalized spacial score (nSPS) is 15.8. The predicted octanol–water partition coefficient (Wildman–Crippen LogP) is 3.00. The molecule has 0 fully saturated rings. The molecule has 0 aromatic heterocycles. The van der Waals surface area contributed by atoms with E-state index in [1.54, 1.807) is 0 Å².